The number of nitrogens with zero attached hydrogens (tertiary/aromatic N) is 2. The van der Waals surface area contributed by atoms with E-state index in [0.29, 0.717) is 0 Å². The summed E-state index contributed by atoms with van der Waals surface area (Å²) in [6, 6.07) is 1.88. The second-order valence-electron chi connectivity index (χ2n) is 4.22. The third-order valence-electron chi connectivity index (χ3n) is 2.82. The summed E-state index contributed by atoms with van der Waals surface area (Å²) >= 11 is 5.60. The third-order valence-corrected chi connectivity index (χ3v) is 3.10. The highest BCUT2D eigenvalue weighted by Gasteiger charge is 2.61. The Morgan fingerprint density at radius 2 is 1.71 bits per heavy atom. The minimum absolute atomic E-state index is 0.116. The number of rotatable bonds is 2. The van der Waals surface area contributed by atoms with Crippen LogP contribution in [0.1, 0.15) is 18.3 Å². The minimum atomic E-state index is -5.85. The molecule has 1 heterocycles. The Labute approximate surface area is 119 Å². The molecule has 1 aromatic carbocycles. The fraction of sp³-hybridized carbons (Fsp3) is 0.333. The van der Waals surface area contributed by atoms with Crippen molar-refractivity contribution in [3.63, 3.8) is 0 Å². The van der Waals surface area contributed by atoms with Gasteiger partial charge in [0.25, 0.3) is 0 Å². The van der Waals surface area contributed by atoms with Crippen LogP contribution in [-0.2, 0) is 12.3 Å². The summed E-state index contributed by atoms with van der Waals surface area (Å²) in [6.45, 7) is 1.58. The lowest BCUT2D eigenvalue weighted by Crippen LogP contribution is -2.35. The van der Waals surface area contributed by atoms with E-state index in [1.807, 2.05) is 0 Å². The number of halogens is 7. The smallest absolute Gasteiger partial charge is 0.226 e. The van der Waals surface area contributed by atoms with Crippen LogP contribution in [0.15, 0.2) is 12.1 Å². The molecule has 0 bridgehead atoms. The van der Waals surface area contributed by atoms with Crippen molar-refractivity contribution < 1.29 is 26.3 Å². The van der Waals surface area contributed by atoms with Gasteiger partial charge in [-0.3, -0.25) is 0 Å². The zero-order chi connectivity index (χ0) is 16.0. The van der Waals surface area contributed by atoms with Gasteiger partial charge in [0.1, 0.15) is 11.0 Å². The van der Waals surface area contributed by atoms with Crippen LogP contribution in [0.5, 0.6) is 0 Å². The zero-order valence-corrected chi connectivity index (χ0v) is 11.2. The predicted molar refractivity (Wildman–Crippen MR) is 63.8 cm³/mol. The molecular formula is C12H7ClF6N2. The maximum Gasteiger partial charge on any atom is 0.461 e. The number of aryl methyl sites for hydroxylation is 1. The van der Waals surface area contributed by atoms with Gasteiger partial charge in [-0.1, -0.05) is 18.5 Å². The van der Waals surface area contributed by atoms with E-state index in [1.54, 1.807) is 6.92 Å². The van der Waals surface area contributed by atoms with Gasteiger partial charge >= 0.3 is 12.1 Å². The summed E-state index contributed by atoms with van der Waals surface area (Å²) in [5.41, 5.74) is -0.0636. The van der Waals surface area contributed by atoms with E-state index in [9.17, 15) is 26.3 Å². The van der Waals surface area contributed by atoms with Crippen LogP contribution in [0.3, 0.4) is 0 Å². The molecular weight excluding hydrogens is 322 g/mol. The first-order valence-corrected chi connectivity index (χ1v) is 6.06. The van der Waals surface area contributed by atoms with Crippen LogP contribution in [0.4, 0.5) is 26.3 Å². The number of hydrogen-bond acceptors (Lipinski definition) is 2. The molecule has 0 saturated heterocycles. The van der Waals surface area contributed by atoms with Gasteiger partial charge in [-0.2, -0.15) is 22.0 Å². The fourth-order valence-electron chi connectivity index (χ4n) is 1.77. The molecule has 0 spiro atoms. The zero-order valence-electron chi connectivity index (χ0n) is 10.4. The Kier molecular flexibility index (Phi) is 3.77. The molecule has 114 valence electrons. The molecule has 21 heavy (non-hydrogen) atoms. The summed E-state index contributed by atoms with van der Waals surface area (Å²) in [5.74, 6) is -7.71. The molecule has 0 atom stereocenters. The van der Waals surface area contributed by atoms with Crippen LogP contribution in [0.2, 0.25) is 5.15 Å². The van der Waals surface area contributed by atoms with Crippen LogP contribution < -0.4 is 0 Å². The van der Waals surface area contributed by atoms with Gasteiger partial charge in [0, 0.05) is 5.39 Å². The molecule has 0 N–H and O–H groups in total. The summed E-state index contributed by atoms with van der Waals surface area (Å²) in [7, 11) is 0. The molecule has 2 rings (SSSR count). The molecule has 0 amide bonds. The quantitative estimate of drug-likeness (QED) is 0.593. The number of benzene rings is 1. The molecule has 0 fully saturated rings. The number of fused-ring (bicyclic) bond motifs is 1. The van der Waals surface area contributed by atoms with E-state index in [2.05, 4.69) is 9.97 Å². The Morgan fingerprint density at radius 3 is 2.24 bits per heavy atom. The van der Waals surface area contributed by atoms with Gasteiger partial charge in [-0.25, -0.2) is 14.4 Å². The van der Waals surface area contributed by atoms with Crippen molar-refractivity contribution in [1.82, 2.24) is 9.97 Å². The summed E-state index contributed by atoms with van der Waals surface area (Å²) < 4.78 is 77.0. The van der Waals surface area contributed by atoms with Gasteiger partial charge in [-0.15, -0.1) is 0 Å². The van der Waals surface area contributed by atoms with Gasteiger partial charge in [0.15, 0.2) is 0 Å². The van der Waals surface area contributed by atoms with E-state index in [1.165, 1.54) is 0 Å². The number of alkyl halides is 5. The van der Waals surface area contributed by atoms with Gasteiger partial charge in [-0.05, 0) is 24.1 Å². The highest BCUT2D eigenvalue weighted by atomic mass is 35.5. The Balaban J connectivity index is 2.79. The molecule has 0 aliphatic heterocycles. The SMILES string of the molecule is CCc1cc(F)cc2c(Cl)nc(C(F)(F)C(F)(F)F)nc12. The second kappa shape index (κ2) is 5.01. The lowest BCUT2D eigenvalue weighted by Gasteiger charge is -2.19. The van der Waals surface area contributed by atoms with Crippen LogP contribution >= 0.6 is 11.6 Å². The molecule has 0 saturated carbocycles. The van der Waals surface area contributed by atoms with Gasteiger partial charge in [0.05, 0.1) is 5.52 Å². The van der Waals surface area contributed by atoms with Crippen molar-refractivity contribution in [2.45, 2.75) is 25.4 Å². The van der Waals surface area contributed by atoms with Crippen molar-refractivity contribution in [1.29, 1.82) is 0 Å². The molecule has 0 aliphatic carbocycles. The maximum absolute atomic E-state index is 13.3. The summed E-state index contributed by atoms with van der Waals surface area (Å²) in [6.07, 6.45) is -5.67. The fourth-order valence-corrected chi connectivity index (χ4v) is 1.99. The Bertz CT molecular complexity index is 698. The number of hydrogen-bond donors (Lipinski definition) is 0. The molecule has 0 unspecified atom stereocenters. The van der Waals surface area contributed by atoms with E-state index >= 15 is 0 Å². The monoisotopic (exact) mass is 328 g/mol. The summed E-state index contributed by atoms with van der Waals surface area (Å²) in [4.78, 5) is 6.23. The average molecular weight is 329 g/mol. The van der Waals surface area contributed by atoms with Crippen molar-refractivity contribution in [2.75, 3.05) is 0 Å². The van der Waals surface area contributed by atoms with E-state index in [0.717, 1.165) is 12.1 Å². The minimum Gasteiger partial charge on any atom is -0.226 e. The first-order valence-electron chi connectivity index (χ1n) is 5.68. The molecule has 2 aromatic rings. The van der Waals surface area contributed by atoms with Crippen LogP contribution in [-0.4, -0.2) is 16.1 Å². The highest BCUT2D eigenvalue weighted by Crippen LogP contribution is 2.43. The normalized spacial score (nSPS) is 13.0. The second-order valence-corrected chi connectivity index (χ2v) is 4.58. The molecule has 9 heteroatoms. The predicted octanol–water partition coefficient (Wildman–Crippen LogP) is 4.64. The van der Waals surface area contributed by atoms with E-state index in [4.69, 9.17) is 11.6 Å². The van der Waals surface area contributed by atoms with Gasteiger partial charge < -0.3 is 0 Å². The van der Waals surface area contributed by atoms with Crippen molar-refractivity contribution in [3.8, 4) is 0 Å². The van der Waals surface area contributed by atoms with Crippen molar-refractivity contribution in [3.05, 3.63) is 34.5 Å². The lowest BCUT2D eigenvalue weighted by molar-refractivity contribution is -0.292. The first kappa shape index (κ1) is 15.8. The first-order chi connectivity index (χ1) is 9.57. The summed E-state index contributed by atoms with van der Waals surface area (Å²) in [5, 5.41) is -0.775. The largest absolute Gasteiger partial charge is 0.461 e. The standard InChI is InChI=1S/C12H7ClF6N2/c1-2-5-3-6(14)4-7-8(5)20-10(21-9(7)13)11(15,16)12(17,18)19/h3-4H,2H2,1H3. The molecule has 0 radical (unpaired) electrons. The van der Waals surface area contributed by atoms with E-state index in [-0.39, 0.29) is 22.9 Å². The van der Waals surface area contributed by atoms with Gasteiger partial charge in [0.2, 0.25) is 5.82 Å². The molecule has 1 aromatic heterocycles. The average Bonchev–Trinajstić information content (AvgIpc) is 2.37. The van der Waals surface area contributed by atoms with Crippen molar-refractivity contribution in [2.24, 2.45) is 0 Å². The van der Waals surface area contributed by atoms with Crippen LogP contribution in [0.25, 0.3) is 10.9 Å². The molecule has 2 nitrogen and oxygen atoms in total. The molecule has 0 aliphatic rings. The van der Waals surface area contributed by atoms with E-state index < -0.39 is 28.9 Å². The number of aromatic nitrogens is 2. The van der Waals surface area contributed by atoms with Crippen molar-refractivity contribution >= 4 is 22.5 Å². The Hall–Kier alpha value is -1.57. The topological polar surface area (TPSA) is 25.8 Å². The highest BCUT2D eigenvalue weighted by molar-refractivity contribution is 6.34. The Morgan fingerprint density at radius 1 is 1.10 bits per heavy atom. The van der Waals surface area contributed by atoms with Crippen LogP contribution in [0, 0.1) is 5.82 Å². The lowest BCUT2D eigenvalue weighted by atomic mass is 10.1. The maximum atomic E-state index is 13.3. The third kappa shape index (κ3) is 2.64.